The summed E-state index contributed by atoms with van der Waals surface area (Å²) < 4.78 is 5.55. The molecule has 0 spiro atoms. The number of ether oxygens (including phenoxy) is 1. The lowest BCUT2D eigenvalue weighted by Crippen LogP contribution is -2.46. The van der Waals surface area contributed by atoms with Gasteiger partial charge in [0.15, 0.2) is 11.6 Å². The van der Waals surface area contributed by atoms with Crippen molar-refractivity contribution in [3.63, 3.8) is 0 Å². The number of esters is 1. The molecule has 1 saturated heterocycles. The van der Waals surface area contributed by atoms with Gasteiger partial charge < -0.3 is 32.2 Å². The van der Waals surface area contributed by atoms with Crippen molar-refractivity contribution in [1.82, 2.24) is 14.8 Å². The molecule has 0 saturated carbocycles. The van der Waals surface area contributed by atoms with Crippen molar-refractivity contribution in [3.05, 3.63) is 36.4 Å². The van der Waals surface area contributed by atoms with Gasteiger partial charge in [-0.15, -0.1) is 10.2 Å². The third kappa shape index (κ3) is 8.34. The fourth-order valence-corrected chi connectivity index (χ4v) is 3.56. The van der Waals surface area contributed by atoms with Gasteiger partial charge >= 0.3 is 5.97 Å². The van der Waals surface area contributed by atoms with Gasteiger partial charge in [0.2, 0.25) is 5.91 Å². The van der Waals surface area contributed by atoms with Crippen molar-refractivity contribution < 1.29 is 14.3 Å². The van der Waals surface area contributed by atoms with Crippen molar-refractivity contribution >= 4 is 34.9 Å². The van der Waals surface area contributed by atoms with E-state index in [0.717, 1.165) is 39.0 Å². The molecule has 0 bridgehead atoms. The number of carbonyl (C=O) groups excluding carboxylic acids is 2. The van der Waals surface area contributed by atoms with Gasteiger partial charge in [-0.05, 0) is 50.7 Å². The Hall–Kier alpha value is -3.45. The van der Waals surface area contributed by atoms with Gasteiger partial charge in [-0.25, -0.2) is 4.98 Å². The largest absolute Gasteiger partial charge is 0.423 e. The van der Waals surface area contributed by atoms with Gasteiger partial charge in [0.1, 0.15) is 17.2 Å². The summed E-state index contributed by atoms with van der Waals surface area (Å²) in [6, 6.07) is 9.36. The smallest absolute Gasteiger partial charge is 0.325 e. The normalized spacial score (nSPS) is 15.6. The minimum atomic E-state index is -0.658. The van der Waals surface area contributed by atoms with E-state index in [0.29, 0.717) is 30.1 Å². The Morgan fingerprint density at radius 1 is 1.08 bits per heavy atom. The molecule has 3 rings (SSSR count). The maximum Gasteiger partial charge on any atom is 0.325 e. The molecule has 194 valence electrons. The fourth-order valence-electron chi connectivity index (χ4n) is 3.56. The summed E-state index contributed by atoms with van der Waals surface area (Å²) in [5.74, 6) is -0.0495. The van der Waals surface area contributed by atoms with Crippen LogP contribution in [0.4, 0.5) is 23.0 Å². The number of azo groups is 1. The molecule has 1 amide bonds. The van der Waals surface area contributed by atoms with Crippen LogP contribution < -0.4 is 27.3 Å². The lowest BCUT2D eigenvalue weighted by molar-refractivity contribution is -0.136. The molecule has 1 fully saturated rings. The lowest BCUT2D eigenvalue weighted by atomic mass is 10.1. The number of likely N-dealkylation sites (N-methyl/N-ethyl adjacent to an activating group) is 1. The molecule has 0 aliphatic carbocycles. The van der Waals surface area contributed by atoms with Crippen LogP contribution in [0, 0.1) is 0 Å². The van der Waals surface area contributed by atoms with E-state index < -0.39 is 6.04 Å². The molecule has 1 atom stereocenters. The fraction of sp³-hybridized carbons (Fsp3) is 0.458. The zero-order chi connectivity index (χ0) is 25.9. The Balaban J connectivity index is 1.59. The maximum atomic E-state index is 12.5. The number of benzene rings is 1. The molecule has 1 aromatic carbocycles. The molecule has 2 aromatic rings. The SMILES string of the molecule is CN1CCN(CC(=O)Oc2ccccc2N=Nc2ccc(NC(=O)[C@@H](N)CCCCN)nc2N)CC1. The highest BCUT2D eigenvalue weighted by Gasteiger charge is 2.19. The summed E-state index contributed by atoms with van der Waals surface area (Å²) in [5.41, 5.74) is 18.1. The number of nitrogens with one attached hydrogen (secondary N) is 1. The molecule has 1 aliphatic rings. The summed E-state index contributed by atoms with van der Waals surface area (Å²) in [6.07, 6.45) is 2.11. The number of aromatic nitrogens is 1. The number of rotatable bonds is 11. The first-order chi connectivity index (χ1) is 17.4. The summed E-state index contributed by atoms with van der Waals surface area (Å²) >= 11 is 0. The van der Waals surface area contributed by atoms with Crippen molar-refractivity contribution in [3.8, 4) is 5.75 Å². The zero-order valence-corrected chi connectivity index (χ0v) is 20.6. The summed E-state index contributed by atoms with van der Waals surface area (Å²) in [7, 11) is 2.06. The number of amides is 1. The van der Waals surface area contributed by atoms with Crippen molar-refractivity contribution in [2.24, 2.45) is 21.7 Å². The van der Waals surface area contributed by atoms with E-state index in [1.165, 1.54) is 0 Å². The molecule has 1 aliphatic heterocycles. The quantitative estimate of drug-likeness (QED) is 0.155. The number of hydrogen-bond donors (Lipinski definition) is 4. The van der Waals surface area contributed by atoms with Crippen LogP contribution in [0.2, 0.25) is 0 Å². The summed E-state index contributed by atoms with van der Waals surface area (Å²) in [4.78, 5) is 33.2. The average molecular weight is 498 g/mol. The van der Waals surface area contributed by atoms with Crippen LogP contribution >= 0.6 is 0 Å². The Morgan fingerprint density at radius 3 is 2.53 bits per heavy atom. The number of nitrogen functional groups attached to an aromatic ring is 1. The van der Waals surface area contributed by atoms with Gasteiger partial charge in [-0.1, -0.05) is 18.6 Å². The van der Waals surface area contributed by atoms with Crippen LogP contribution in [0.5, 0.6) is 5.75 Å². The first-order valence-corrected chi connectivity index (χ1v) is 12.0. The van der Waals surface area contributed by atoms with Crippen LogP contribution in [0.15, 0.2) is 46.6 Å². The molecular formula is C24H35N9O3. The molecule has 12 heteroatoms. The van der Waals surface area contributed by atoms with E-state index in [9.17, 15) is 9.59 Å². The number of hydrogen-bond acceptors (Lipinski definition) is 11. The first kappa shape index (κ1) is 27.1. The van der Waals surface area contributed by atoms with Gasteiger partial charge in [-0.3, -0.25) is 14.5 Å². The second kappa shape index (κ2) is 13.6. The van der Waals surface area contributed by atoms with Crippen LogP contribution in [0.3, 0.4) is 0 Å². The molecule has 36 heavy (non-hydrogen) atoms. The predicted octanol–water partition coefficient (Wildman–Crippen LogP) is 1.63. The number of unbranched alkanes of at least 4 members (excludes halogenated alkanes) is 1. The van der Waals surface area contributed by atoms with Crippen LogP contribution in [-0.2, 0) is 9.59 Å². The van der Waals surface area contributed by atoms with E-state index in [1.807, 2.05) is 0 Å². The highest BCUT2D eigenvalue weighted by Crippen LogP contribution is 2.30. The highest BCUT2D eigenvalue weighted by molar-refractivity contribution is 5.94. The topological polar surface area (TPSA) is 178 Å². The van der Waals surface area contributed by atoms with Crippen molar-refractivity contribution in [1.29, 1.82) is 0 Å². The van der Waals surface area contributed by atoms with E-state index in [1.54, 1.807) is 36.4 Å². The van der Waals surface area contributed by atoms with E-state index in [-0.39, 0.29) is 30.1 Å². The summed E-state index contributed by atoms with van der Waals surface area (Å²) in [5, 5.41) is 11.0. The molecular weight excluding hydrogens is 462 g/mol. The second-order valence-corrected chi connectivity index (χ2v) is 8.70. The van der Waals surface area contributed by atoms with Crippen molar-refractivity contribution in [2.45, 2.75) is 25.3 Å². The number of pyridine rings is 1. The Kier molecular flexibility index (Phi) is 10.2. The Morgan fingerprint density at radius 2 is 1.81 bits per heavy atom. The molecule has 0 unspecified atom stereocenters. The second-order valence-electron chi connectivity index (χ2n) is 8.70. The molecule has 7 N–H and O–H groups in total. The standard InChI is InChI=1S/C24H35N9O3/c1-32-12-14-33(15-13-32)16-22(34)36-20-8-3-2-7-18(20)30-31-19-9-10-21(28-23(19)27)29-24(35)17(26)6-4-5-11-25/h2-3,7-10,17H,4-6,11-16,25-26H2,1H3,(H3,27,28,29,35)/t17-/m0/s1. The predicted molar refractivity (Wildman–Crippen MR) is 138 cm³/mol. The van der Waals surface area contributed by atoms with Gasteiger partial charge in [0, 0.05) is 26.2 Å². The highest BCUT2D eigenvalue weighted by atomic mass is 16.5. The van der Waals surface area contributed by atoms with Crippen LogP contribution in [0.25, 0.3) is 0 Å². The van der Waals surface area contributed by atoms with Gasteiger partial charge in [0.25, 0.3) is 0 Å². The van der Waals surface area contributed by atoms with Crippen molar-refractivity contribution in [2.75, 3.05) is 57.4 Å². The molecule has 1 aromatic heterocycles. The Bertz CT molecular complexity index is 1050. The van der Waals surface area contributed by atoms with Gasteiger partial charge in [-0.2, -0.15) is 0 Å². The number of piperazine rings is 1. The minimum absolute atomic E-state index is 0.0813. The molecule has 12 nitrogen and oxygen atoms in total. The average Bonchev–Trinajstić information content (AvgIpc) is 2.86. The third-order valence-electron chi connectivity index (χ3n) is 5.76. The number of para-hydroxylation sites is 1. The van der Waals surface area contributed by atoms with Crippen LogP contribution in [0.1, 0.15) is 19.3 Å². The van der Waals surface area contributed by atoms with E-state index in [2.05, 4.69) is 37.4 Å². The van der Waals surface area contributed by atoms with Crippen LogP contribution in [-0.4, -0.2) is 79.0 Å². The third-order valence-corrected chi connectivity index (χ3v) is 5.76. The van der Waals surface area contributed by atoms with E-state index in [4.69, 9.17) is 21.9 Å². The number of nitrogens with zero attached hydrogens (tertiary/aromatic N) is 5. The molecule has 0 radical (unpaired) electrons. The Labute approximate surface area is 210 Å². The lowest BCUT2D eigenvalue weighted by Gasteiger charge is -2.31. The summed E-state index contributed by atoms with van der Waals surface area (Å²) in [6.45, 7) is 4.23. The first-order valence-electron chi connectivity index (χ1n) is 12.0. The van der Waals surface area contributed by atoms with Gasteiger partial charge in [0.05, 0.1) is 12.6 Å². The maximum absolute atomic E-state index is 12.5. The number of anilines is 2. The number of carbonyl (C=O) groups is 2. The molecule has 2 heterocycles. The van der Waals surface area contributed by atoms with E-state index >= 15 is 0 Å². The minimum Gasteiger partial charge on any atom is -0.423 e. The number of nitrogens with two attached hydrogens (primary N) is 3. The zero-order valence-electron chi connectivity index (χ0n) is 20.6. The monoisotopic (exact) mass is 497 g/mol.